The highest BCUT2D eigenvalue weighted by molar-refractivity contribution is 5.82. The van der Waals surface area contributed by atoms with Gasteiger partial charge in [-0.05, 0) is 18.9 Å². The topological polar surface area (TPSA) is 46.6 Å². The van der Waals surface area contributed by atoms with Gasteiger partial charge in [0.2, 0.25) is 5.91 Å². The third-order valence-corrected chi connectivity index (χ3v) is 4.12. The lowest BCUT2D eigenvalue weighted by molar-refractivity contribution is -0.135. The van der Waals surface area contributed by atoms with E-state index in [0.717, 1.165) is 12.1 Å². The monoisotopic (exact) mass is 353 g/mol. The lowest BCUT2D eigenvalue weighted by Crippen LogP contribution is -2.36. The first kappa shape index (κ1) is 18.8. The van der Waals surface area contributed by atoms with Gasteiger partial charge in [-0.3, -0.25) is 4.79 Å². The van der Waals surface area contributed by atoms with Crippen LogP contribution in [-0.2, 0) is 14.3 Å². The number of carbonyl (C=O) groups excluding carboxylic acids is 2. The smallest absolute Gasteiger partial charge is 0.330 e. The fraction of sp³-hybridized carbons (Fsp3) is 0.333. The van der Waals surface area contributed by atoms with Crippen molar-refractivity contribution in [1.82, 2.24) is 4.90 Å². The summed E-state index contributed by atoms with van der Waals surface area (Å²) in [4.78, 5) is 25.1. The van der Waals surface area contributed by atoms with Gasteiger partial charge >= 0.3 is 5.97 Å². The summed E-state index contributed by atoms with van der Waals surface area (Å²) in [5.74, 6) is -5.09. The van der Waals surface area contributed by atoms with Gasteiger partial charge in [0, 0.05) is 18.1 Å². The number of nitrogens with zero attached hydrogens (tertiary/aromatic N) is 1. The van der Waals surface area contributed by atoms with E-state index in [9.17, 15) is 22.8 Å². The van der Waals surface area contributed by atoms with Crippen molar-refractivity contribution in [3.8, 4) is 0 Å². The van der Waals surface area contributed by atoms with Crippen LogP contribution in [-0.4, -0.2) is 29.9 Å². The summed E-state index contributed by atoms with van der Waals surface area (Å²) in [7, 11) is 1.22. The van der Waals surface area contributed by atoms with E-state index in [2.05, 4.69) is 11.3 Å². The lowest BCUT2D eigenvalue weighted by Gasteiger charge is -2.29. The summed E-state index contributed by atoms with van der Waals surface area (Å²) < 4.78 is 45.4. The predicted octanol–water partition coefficient (Wildman–Crippen LogP) is 3.44. The molecule has 0 aliphatic carbocycles. The van der Waals surface area contributed by atoms with Crippen LogP contribution < -0.4 is 0 Å². The van der Waals surface area contributed by atoms with E-state index < -0.39 is 35.5 Å². The Bertz CT molecular complexity index is 718. The number of halogens is 3. The number of hydrogen-bond acceptors (Lipinski definition) is 3. The Morgan fingerprint density at radius 2 is 2.00 bits per heavy atom. The van der Waals surface area contributed by atoms with Crippen LogP contribution in [0.25, 0.3) is 0 Å². The molecule has 2 rings (SSSR count). The van der Waals surface area contributed by atoms with Crippen molar-refractivity contribution in [2.75, 3.05) is 7.11 Å². The van der Waals surface area contributed by atoms with Crippen molar-refractivity contribution in [1.29, 1.82) is 0 Å². The molecule has 1 aromatic rings. The second-order valence-electron chi connectivity index (χ2n) is 5.60. The first-order valence-electron chi connectivity index (χ1n) is 7.72. The van der Waals surface area contributed by atoms with E-state index in [0.29, 0.717) is 12.8 Å². The molecule has 1 amide bonds. The fourth-order valence-corrected chi connectivity index (χ4v) is 2.98. The number of rotatable bonds is 5. The van der Waals surface area contributed by atoms with Crippen LogP contribution in [0.4, 0.5) is 13.2 Å². The minimum Gasteiger partial charge on any atom is -0.466 e. The summed E-state index contributed by atoms with van der Waals surface area (Å²) in [6.45, 7) is 3.50. The second-order valence-corrected chi connectivity index (χ2v) is 5.60. The van der Waals surface area contributed by atoms with Gasteiger partial charge in [0.05, 0.1) is 19.2 Å². The normalized spacial score (nSPS) is 20.1. The van der Waals surface area contributed by atoms with Crippen LogP contribution in [0.1, 0.15) is 30.9 Å². The van der Waals surface area contributed by atoms with Gasteiger partial charge in [0.25, 0.3) is 0 Å². The van der Waals surface area contributed by atoms with Gasteiger partial charge in [-0.1, -0.05) is 18.2 Å². The highest BCUT2D eigenvalue weighted by Crippen LogP contribution is 2.39. The highest BCUT2D eigenvalue weighted by Gasteiger charge is 2.38. The third-order valence-electron chi connectivity index (χ3n) is 4.12. The van der Waals surface area contributed by atoms with Gasteiger partial charge in [-0.25, -0.2) is 18.0 Å². The van der Waals surface area contributed by atoms with E-state index in [1.54, 1.807) is 0 Å². The second kappa shape index (κ2) is 8.00. The molecule has 134 valence electrons. The molecule has 1 heterocycles. The quantitative estimate of drug-likeness (QED) is 0.353. The Balaban J connectivity index is 2.38. The van der Waals surface area contributed by atoms with Crippen molar-refractivity contribution < 1.29 is 27.5 Å². The zero-order chi connectivity index (χ0) is 18.6. The molecular weight excluding hydrogens is 335 g/mol. The Hall–Kier alpha value is -2.57. The molecule has 4 nitrogen and oxygen atoms in total. The van der Waals surface area contributed by atoms with Crippen LogP contribution in [0.2, 0.25) is 0 Å². The molecule has 0 bridgehead atoms. The maximum absolute atomic E-state index is 14.2. The molecule has 0 saturated carbocycles. The van der Waals surface area contributed by atoms with E-state index in [4.69, 9.17) is 0 Å². The molecule has 0 radical (unpaired) electrons. The largest absolute Gasteiger partial charge is 0.466 e. The van der Waals surface area contributed by atoms with Crippen LogP contribution in [0.5, 0.6) is 0 Å². The first-order valence-corrected chi connectivity index (χ1v) is 7.72. The molecule has 0 N–H and O–H groups in total. The van der Waals surface area contributed by atoms with Gasteiger partial charge in [-0.2, -0.15) is 0 Å². The maximum Gasteiger partial charge on any atom is 0.330 e. The molecule has 7 heteroatoms. The van der Waals surface area contributed by atoms with E-state index in [-0.39, 0.29) is 17.9 Å². The fourth-order valence-electron chi connectivity index (χ4n) is 2.98. The average Bonchev–Trinajstić information content (AvgIpc) is 3.01. The maximum atomic E-state index is 14.2. The Morgan fingerprint density at radius 3 is 2.64 bits per heavy atom. The van der Waals surface area contributed by atoms with Gasteiger partial charge in [0.15, 0.2) is 17.5 Å². The minimum atomic E-state index is -1.57. The number of hydrogen-bond donors (Lipinski definition) is 0. The summed E-state index contributed by atoms with van der Waals surface area (Å²) in [5, 5.41) is 0. The zero-order valence-corrected chi connectivity index (χ0v) is 13.7. The van der Waals surface area contributed by atoms with Gasteiger partial charge < -0.3 is 9.64 Å². The summed E-state index contributed by atoms with van der Waals surface area (Å²) >= 11 is 0. The summed E-state index contributed by atoms with van der Waals surface area (Å²) in [5.41, 5.74) is -0.0923. The van der Waals surface area contributed by atoms with Crippen LogP contribution >= 0.6 is 0 Å². The first-order chi connectivity index (χ1) is 11.9. The molecule has 1 aliphatic rings. The molecular formula is C18H18F3NO3. The van der Waals surface area contributed by atoms with Crippen molar-refractivity contribution in [3.63, 3.8) is 0 Å². The van der Waals surface area contributed by atoms with Crippen molar-refractivity contribution in [2.24, 2.45) is 0 Å². The molecule has 0 unspecified atom stereocenters. The Labute approximate surface area is 143 Å². The van der Waals surface area contributed by atoms with Crippen molar-refractivity contribution >= 4 is 11.9 Å². The third kappa shape index (κ3) is 3.92. The minimum absolute atomic E-state index is 0.00433. The molecule has 2 atom stereocenters. The zero-order valence-electron chi connectivity index (χ0n) is 13.7. The SMILES string of the molecule is C=CCC(=O)N1[C@@H](C=CC(=O)OC)CC[C@H]1c1ccc(F)c(F)c1F. The number of ether oxygens (including phenoxy) is 1. The Morgan fingerprint density at radius 1 is 1.28 bits per heavy atom. The molecule has 0 aromatic heterocycles. The van der Waals surface area contributed by atoms with Crippen LogP contribution in [0, 0.1) is 17.5 Å². The number of benzene rings is 1. The van der Waals surface area contributed by atoms with Gasteiger partial charge in [0.1, 0.15) is 0 Å². The molecule has 1 aliphatic heterocycles. The molecule has 1 saturated heterocycles. The van der Waals surface area contributed by atoms with Gasteiger partial charge in [-0.15, -0.1) is 6.58 Å². The molecule has 1 aromatic carbocycles. The lowest BCUT2D eigenvalue weighted by atomic mass is 10.0. The van der Waals surface area contributed by atoms with Crippen LogP contribution in [0.15, 0.2) is 36.9 Å². The molecule has 25 heavy (non-hydrogen) atoms. The molecule has 0 spiro atoms. The summed E-state index contributed by atoms with van der Waals surface area (Å²) in [6, 6.07) is 0.736. The standard InChI is InChI=1S/C18H18F3NO3/c1-3-4-15(23)22-11(6-10-16(24)25-2)5-9-14(22)12-7-8-13(19)18(21)17(12)20/h3,6-8,10-11,14H,1,4-5,9H2,2H3/t11-,14+/m1/s1. The number of carbonyl (C=O) groups is 2. The van der Waals surface area contributed by atoms with Crippen molar-refractivity contribution in [2.45, 2.75) is 31.3 Å². The average molecular weight is 353 g/mol. The number of methoxy groups -OCH3 is 1. The number of esters is 1. The summed E-state index contributed by atoms with van der Waals surface area (Å²) in [6.07, 6.45) is 4.87. The predicted molar refractivity (Wildman–Crippen MR) is 84.9 cm³/mol. The number of amides is 1. The van der Waals surface area contributed by atoms with Crippen molar-refractivity contribution in [3.05, 3.63) is 60.0 Å². The van der Waals surface area contributed by atoms with E-state index >= 15 is 0 Å². The Kier molecular flexibility index (Phi) is 6.01. The van der Waals surface area contributed by atoms with E-state index in [1.807, 2.05) is 0 Å². The van der Waals surface area contributed by atoms with Crippen LogP contribution in [0.3, 0.4) is 0 Å². The number of likely N-dealkylation sites (tertiary alicyclic amines) is 1. The highest BCUT2D eigenvalue weighted by atomic mass is 19.2. The van der Waals surface area contributed by atoms with E-state index in [1.165, 1.54) is 30.2 Å². The molecule has 1 fully saturated rings.